The molecule has 26 heavy (non-hydrogen) atoms. The zero-order valence-corrected chi connectivity index (χ0v) is 13.9. The van der Waals surface area contributed by atoms with E-state index in [-0.39, 0.29) is 5.91 Å². The van der Waals surface area contributed by atoms with Crippen molar-refractivity contribution < 1.29 is 22.4 Å². The molecule has 0 saturated carbocycles. The second-order valence-electron chi connectivity index (χ2n) is 6.01. The summed E-state index contributed by atoms with van der Waals surface area (Å²) in [6.07, 6.45) is 0.451. The van der Waals surface area contributed by atoms with Gasteiger partial charge in [0.2, 0.25) is 11.7 Å². The van der Waals surface area contributed by atoms with E-state index in [0.717, 1.165) is 11.7 Å². The van der Waals surface area contributed by atoms with Crippen molar-refractivity contribution >= 4 is 12.0 Å². The summed E-state index contributed by atoms with van der Waals surface area (Å²) in [4.78, 5) is 25.8. The number of furan rings is 1. The van der Waals surface area contributed by atoms with E-state index in [4.69, 9.17) is 4.42 Å². The van der Waals surface area contributed by atoms with Gasteiger partial charge in [0.05, 0.1) is 12.3 Å². The van der Waals surface area contributed by atoms with Crippen LogP contribution in [0.5, 0.6) is 0 Å². The van der Waals surface area contributed by atoms with E-state index in [2.05, 4.69) is 5.10 Å². The van der Waals surface area contributed by atoms with Gasteiger partial charge in [0.25, 0.3) is 0 Å². The van der Waals surface area contributed by atoms with Gasteiger partial charge >= 0.3 is 11.9 Å². The Morgan fingerprint density at radius 3 is 2.58 bits per heavy atom. The molecule has 140 valence electrons. The molecular weight excluding hydrogens is 353 g/mol. The molecule has 10 heteroatoms. The maximum Gasteiger partial charge on any atom is 0.451 e. The van der Waals surface area contributed by atoms with Crippen molar-refractivity contribution in [1.29, 1.82) is 0 Å². The monoisotopic (exact) mass is 370 g/mol. The molecular formula is C16H17F3N4O3. The zero-order valence-electron chi connectivity index (χ0n) is 13.9. The average Bonchev–Trinajstić information content (AvgIpc) is 3.22. The summed E-state index contributed by atoms with van der Waals surface area (Å²) < 4.78 is 45.1. The van der Waals surface area contributed by atoms with Gasteiger partial charge in [0, 0.05) is 26.2 Å². The van der Waals surface area contributed by atoms with E-state index in [1.54, 1.807) is 23.1 Å². The standard InChI is InChI=1S/C16H17F3N4O3/c1-21-14(16(17,18)19)20-23(15(21)25)11-6-8-22(9-7-11)13(24)5-4-12-3-2-10-26-12/h2-5,10-11H,6-9H2,1H3/b5-4+. The van der Waals surface area contributed by atoms with Crippen LogP contribution in [0.15, 0.2) is 33.7 Å². The third-order valence-electron chi connectivity index (χ3n) is 4.31. The predicted octanol–water partition coefficient (Wildman–Crippen LogP) is 2.07. The van der Waals surface area contributed by atoms with Crippen LogP contribution in [0.25, 0.3) is 6.08 Å². The SMILES string of the molecule is Cn1c(C(F)(F)F)nn(C2CCN(C(=O)/C=C/c3ccco3)CC2)c1=O. The zero-order chi connectivity index (χ0) is 18.9. The van der Waals surface area contributed by atoms with Crippen LogP contribution in [0, 0.1) is 0 Å². The topological polar surface area (TPSA) is 73.3 Å². The van der Waals surface area contributed by atoms with Crippen molar-refractivity contribution in [2.24, 2.45) is 7.05 Å². The highest BCUT2D eigenvalue weighted by Crippen LogP contribution is 2.28. The van der Waals surface area contributed by atoms with E-state index in [1.807, 2.05) is 0 Å². The number of aromatic nitrogens is 3. The molecule has 1 aliphatic rings. The number of likely N-dealkylation sites (tertiary alicyclic amines) is 1. The lowest BCUT2D eigenvalue weighted by Crippen LogP contribution is -2.40. The van der Waals surface area contributed by atoms with Crippen molar-refractivity contribution in [3.8, 4) is 0 Å². The van der Waals surface area contributed by atoms with Gasteiger partial charge in [-0.2, -0.15) is 13.2 Å². The molecule has 0 aromatic carbocycles. The van der Waals surface area contributed by atoms with Gasteiger partial charge in [-0.25, -0.2) is 9.48 Å². The minimum atomic E-state index is -4.69. The molecule has 2 aromatic rings. The van der Waals surface area contributed by atoms with Crippen LogP contribution < -0.4 is 5.69 Å². The highest BCUT2D eigenvalue weighted by Gasteiger charge is 2.39. The van der Waals surface area contributed by atoms with Gasteiger partial charge in [-0.05, 0) is 31.1 Å². The molecule has 0 bridgehead atoms. The first-order chi connectivity index (χ1) is 12.3. The Hall–Kier alpha value is -2.78. The maximum absolute atomic E-state index is 12.9. The second-order valence-corrected chi connectivity index (χ2v) is 6.01. The summed E-state index contributed by atoms with van der Waals surface area (Å²) in [5.74, 6) is -0.889. The Kier molecular flexibility index (Phi) is 4.75. The fourth-order valence-corrected chi connectivity index (χ4v) is 2.92. The van der Waals surface area contributed by atoms with Crippen molar-refractivity contribution in [1.82, 2.24) is 19.2 Å². The molecule has 0 spiro atoms. The van der Waals surface area contributed by atoms with Crippen molar-refractivity contribution in [3.63, 3.8) is 0 Å². The molecule has 0 atom stereocenters. The first kappa shape index (κ1) is 18.0. The fraction of sp³-hybridized carbons (Fsp3) is 0.438. The molecule has 0 N–H and O–H groups in total. The minimum absolute atomic E-state index is 0.218. The molecule has 0 radical (unpaired) electrons. The molecule has 2 aromatic heterocycles. The molecule has 3 heterocycles. The first-order valence-corrected chi connectivity index (χ1v) is 8.00. The van der Waals surface area contributed by atoms with E-state index in [1.165, 1.54) is 12.3 Å². The van der Waals surface area contributed by atoms with Crippen LogP contribution in [0.3, 0.4) is 0 Å². The van der Waals surface area contributed by atoms with Crippen molar-refractivity contribution in [3.05, 3.63) is 46.5 Å². The molecule has 7 nitrogen and oxygen atoms in total. The largest absolute Gasteiger partial charge is 0.465 e. The number of rotatable bonds is 3. The predicted molar refractivity (Wildman–Crippen MR) is 85.1 cm³/mol. The molecule has 3 rings (SSSR count). The lowest BCUT2D eigenvalue weighted by atomic mass is 10.1. The minimum Gasteiger partial charge on any atom is -0.465 e. The highest BCUT2D eigenvalue weighted by atomic mass is 19.4. The molecule has 1 saturated heterocycles. The molecule has 0 unspecified atom stereocenters. The number of carbonyl (C=O) groups is 1. The number of amides is 1. The number of hydrogen-bond acceptors (Lipinski definition) is 4. The second kappa shape index (κ2) is 6.85. The highest BCUT2D eigenvalue weighted by molar-refractivity contribution is 5.91. The Balaban J connectivity index is 1.66. The summed E-state index contributed by atoms with van der Waals surface area (Å²) in [6, 6.07) is 2.94. The lowest BCUT2D eigenvalue weighted by Gasteiger charge is -2.30. The Labute approximate surface area is 146 Å². The number of hydrogen-bond donors (Lipinski definition) is 0. The summed E-state index contributed by atoms with van der Waals surface area (Å²) in [5, 5.41) is 3.46. The summed E-state index contributed by atoms with van der Waals surface area (Å²) in [6.45, 7) is 0.659. The quantitative estimate of drug-likeness (QED) is 0.776. The maximum atomic E-state index is 12.9. The van der Waals surface area contributed by atoms with Crippen molar-refractivity contribution in [2.75, 3.05) is 13.1 Å². The van der Waals surface area contributed by atoms with Crippen molar-refractivity contribution in [2.45, 2.75) is 25.1 Å². The van der Waals surface area contributed by atoms with Gasteiger partial charge in [-0.3, -0.25) is 9.36 Å². The van der Waals surface area contributed by atoms with Crippen LogP contribution in [0.2, 0.25) is 0 Å². The summed E-state index contributed by atoms with van der Waals surface area (Å²) in [5.41, 5.74) is -0.806. The number of piperidine rings is 1. The number of halogens is 3. The van der Waals surface area contributed by atoms with Gasteiger partial charge < -0.3 is 9.32 Å². The molecule has 0 aliphatic carbocycles. The number of nitrogens with zero attached hydrogens (tertiary/aromatic N) is 4. The first-order valence-electron chi connectivity index (χ1n) is 8.00. The third kappa shape index (κ3) is 3.58. The molecule has 1 amide bonds. The summed E-state index contributed by atoms with van der Waals surface area (Å²) in [7, 11) is 1.05. The Morgan fingerprint density at radius 2 is 2.04 bits per heavy atom. The van der Waals surface area contributed by atoms with Gasteiger partial charge in [0.15, 0.2) is 0 Å². The fourth-order valence-electron chi connectivity index (χ4n) is 2.92. The average molecular weight is 370 g/mol. The molecule has 1 fully saturated rings. The molecule has 1 aliphatic heterocycles. The lowest BCUT2D eigenvalue weighted by molar-refractivity contribution is -0.147. The Bertz CT molecular complexity index is 856. The van der Waals surface area contributed by atoms with Gasteiger partial charge in [0.1, 0.15) is 5.76 Å². The smallest absolute Gasteiger partial charge is 0.451 e. The summed E-state index contributed by atoms with van der Waals surface area (Å²) >= 11 is 0. The van der Waals surface area contributed by atoms with E-state index in [0.29, 0.717) is 36.3 Å². The Morgan fingerprint density at radius 1 is 1.35 bits per heavy atom. The van der Waals surface area contributed by atoms with Gasteiger partial charge in [-0.1, -0.05) is 0 Å². The van der Waals surface area contributed by atoms with Crippen LogP contribution in [0.1, 0.15) is 30.5 Å². The van der Waals surface area contributed by atoms with Crippen LogP contribution >= 0.6 is 0 Å². The third-order valence-corrected chi connectivity index (χ3v) is 4.31. The van der Waals surface area contributed by atoms with Crippen LogP contribution in [-0.4, -0.2) is 38.2 Å². The van der Waals surface area contributed by atoms with Crippen LogP contribution in [0.4, 0.5) is 13.2 Å². The van der Waals surface area contributed by atoms with E-state index < -0.39 is 23.7 Å². The van der Waals surface area contributed by atoms with E-state index >= 15 is 0 Å². The number of alkyl halides is 3. The van der Waals surface area contributed by atoms with Crippen LogP contribution in [-0.2, 0) is 18.0 Å². The van der Waals surface area contributed by atoms with Gasteiger partial charge in [-0.15, -0.1) is 5.10 Å². The number of carbonyl (C=O) groups excluding carboxylic acids is 1. The van der Waals surface area contributed by atoms with E-state index in [9.17, 15) is 22.8 Å². The normalized spacial score (nSPS) is 16.5.